The van der Waals surface area contributed by atoms with Crippen LogP contribution in [0.25, 0.3) is 11.1 Å². The Labute approximate surface area is 246 Å². The molecule has 1 aromatic heterocycles. The van der Waals surface area contributed by atoms with Crippen LogP contribution in [0, 0.1) is 5.92 Å². The monoisotopic (exact) mass is 569 g/mol. The molecule has 0 saturated carbocycles. The molecular weight excluding hydrogens is 533 g/mol. The number of nitrogens with zero attached hydrogens (tertiary/aromatic N) is 4. The van der Waals surface area contributed by atoms with Crippen LogP contribution in [0.3, 0.4) is 0 Å². The molecule has 3 amide bonds. The zero-order valence-corrected chi connectivity index (χ0v) is 24.2. The van der Waals surface area contributed by atoms with Crippen LogP contribution < -0.4 is 15.7 Å². The molecule has 5 rings (SSSR count). The molecule has 0 radical (unpaired) electrons. The summed E-state index contributed by atoms with van der Waals surface area (Å²) in [6.45, 7) is 4.18. The highest BCUT2D eigenvalue weighted by atomic mass is 16.4. The van der Waals surface area contributed by atoms with Gasteiger partial charge in [-0.05, 0) is 104 Å². The summed E-state index contributed by atoms with van der Waals surface area (Å²) < 4.78 is 0. The van der Waals surface area contributed by atoms with Gasteiger partial charge in [0.05, 0.1) is 11.3 Å². The quantitative estimate of drug-likeness (QED) is 0.369. The van der Waals surface area contributed by atoms with Gasteiger partial charge in [-0.2, -0.15) is 0 Å². The first-order valence-electron chi connectivity index (χ1n) is 14.2. The number of benzene rings is 2. The molecule has 218 valence electrons. The van der Waals surface area contributed by atoms with Crippen LogP contribution in [0.1, 0.15) is 46.0 Å². The fourth-order valence-electron chi connectivity index (χ4n) is 5.68. The number of piperidine rings is 1. The maximum atomic E-state index is 13.9. The van der Waals surface area contributed by atoms with E-state index in [9.17, 15) is 24.4 Å². The average molecular weight is 569 g/mol. The van der Waals surface area contributed by atoms with E-state index in [1.807, 2.05) is 24.3 Å². The summed E-state index contributed by atoms with van der Waals surface area (Å²) in [5.41, 5.74) is 3.56. The second-order valence-electron chi connectivity index (χ2n) is 11.3. The topological polar surface area (TPSA) is 126 Å². The van der Waals surface area contributed by atoms with Crippen molar-refractivity contribution in [2.75, 3.05) is 38.6 Å². The Morgan fingerprint density at radius 1 is 1.00 bits per heavy atom. The predicted molar refractivity (Wildman–Crippen MR) is 161 cm³/mol. The number of anilines is 1. The number of amides is 3. The van der Waals surface area contributed by atoms with Crippen molar-refractivity contribution >= 4 is 36.0 Å². The van der Waals surface area contributed by atoms with Gasteiger partial charge in [-0.3, -0.25) is 19.4 Å². The minimum Gasteiger partial charge on any atom is -0.423 e. The van der Waals surface area contributed by atoms with E-state index in [4.69, 9.17) is 0 Å². The minimum absolute atomic E-state index is 0.000918. The van der Waals surface area contributed by atoms with E-state index in [1.54, 1.807) is 44.6 Å². The van der Waals surface area contributed by atoms with Gasteiger partial charge in [0, 0.05) is 38.1 Å². The summed E-state index contributed by atoms with van der Waals surface area (Å²) in [5.74, 6) is -0.533. The van der Waals surface area contributed by atoms with Crippen LogP contribution in [0.4, 0.5) is 5.69 Å². The van der Waals surface area contributed by atoms with Gasteiger partial charge in [-0.25, -0.2) is 0 Å². The summed E-state index contributed by atoms with van der Waals surface area (Å²) >= 11 is 0. The molecule has 42 heavy (non-hydrogen) atoms. The van der Waals surface area contributed by atoms with Crippen LogP contribution in [-0.4, -0.2) is 89.4 Å². The molecule has 1 atom stereocenters. The smallest absolute Gasteiger partial charge is 0.423 e. The normalized spacial score (nSPS) is 18.1. The Balaban J connectivity index is 1.41. The molecule has 3 N–H and O–H groups in total. The van der Waals surface area contributed by atoms with Gasteiger partial charge in [0.15, 0.2) is 0 Å². The summed E-state index contributed by atoms with van der Waals surface area (Å²) in [6.07, 6.45) is 5.37. The SMILES string of the molecule is C[C@@H]1C(=O)N(C)c2cc(-c3ccncc3)ccc2C(=O)N1Cc1cc(B(O)O)cc(C(=O)NCC2CCN(C)CC2)c1. The highest BCUT2D eigenvalue weighted by Crippen LogP contribution is 2.32. The first-order valence-corrected chi connectivity index (χ1v) is 14.2. The molecule has 2 aliphatic heterocycles. The van der Waals surface area contributed by atoms with Crippen molar-refractivity contribution in [2.45, 2.75) is 32.4 Å². The van der Waals surface area contributed by atoms with Crippen molar-refractivity contribution in [1.29, 1.82) is 0 Å². The molecule has 10 nitrogen and oxygen atoms in total. The zero-order valence-electron chi connectivity index (χ0n) is 24.2. The molecule has 0 unspecified atom stereocenters. The predicted octanol–water partition coefficient (Wildman–Crippen LogP) is 1.51. The lowest BCUT2D eigenvalue weighted by molar-refractivity contribution is -0.122. The molecule has 0 aliphatic carbocycles. The van der Waals surface area contributed by atoms with Gasteiger partial charge in [0.1, 0.15) is 6.04 Å². The van der Waals surface area contributed by atoms with Crippen molar-refractivity contribution in [1.82, 2.24) is 20.1 Å². The molecule has 3 heterocycles. The molecule has 2 aliphatic rings. The lowest BCUT2D eigenvalue weighted by Gasteiger charge is -2.29. The number of hydrogen-bond donors (Lipinski definition) is 3. The molecule has 0 spiro atoms. The molecule has 11 heteroatoms. The second kappa shape index (κ2) is 12.4. The van der Waals surface area contributed by atoms with Crippen LogP contribution >= 0.6 is 0 Å². The molecule has 2 aromatic carbocycles. The Kier molecular flexibility index (Phi) is 8.72. The van der Waals surface area contributed by atoms with Gasteiger partial charge < -0.3 is 30.1 Å². The number of hydrogen-bond acceptors (Lipinski definition) is 7. The van der Waals surface area contributed by atoms with Crippen molar-refractivity contribution < 1.29 is 24.4 Å². The lowest BCUT2D eigenvalue weighted by Crippen LogP contribution is -2.45. The van der Waals surface area contributed by atoms with E-state index in [0.29, 0.717) is 29.3 Å². The lowest BCUT2D eigenvalue weighted by atomic mass is 9.78. The Morgan fingerprint density at radius 2 is 1.71 bits per heavy atom. The average Bonchev–Trinajstić information content (AvgIpc) is 3.07. The van der Waals surface area contributed by atoms with Crippen molar-refractivity contribution in [3.8, 4) is 11.1 Å². The third-order valence-corrected chi connectivity index (χ3v) is 8.34. The molecule has 1 saturated heterocycles. The summed E-state index contributed by atoms with van der Waals surface area (Å²) in [5, 5.41) is 22.9. The third-order valence-electron chi connectivity index (χ3n) is 8.34. The molecule has 1 fully saturated rings. The van der Waals surface area contributed by atoms with Gasteiger partial charge in [0.2, 0.25) is 5.91 Å². The molecule has 0 bridgehead atoms. The van der Waals surface area contributed by atoms with Crippen LogP contribution in [0.15, 0.2) is 60.9 Å². The highest BCUT2D eigenvalue weighted by molar-refractivity contribution is 6.58. The number of aromatic nitrogens is 1. The number of carbonyl (C=O) groups excluding carboxylic acids is 3. The van der Waals surface area contributed by atoms with Crippen molar-refractivity contribution in [3.05, 3.63) is 77.6 Å². The van der Waals surface area contributed by atoms with Crippen molar-refractivity contribution in [3.63, 3.8) is 0 Å². The first-order chi connectivity index (χ1) is 20.1. The number of nitrogens with one attached hydrogen (secondary N) is 1. The largest absolute Gasteiger partial charge is 0.488 e. The fraction of sp³-hybridized carbons (Fsp3) is 0.355. The van der Waals surface area contributed by atoms with Crippen LogP contribution in [0.2, 0.25) is 0 Å². The van der Waals surface area contributed by atoms with E-state index in [1.165, 1.54) is 15.9 Å². The van der Waals surface area contributed by atoms with Gasteiger partial charge in [0.25, 0.3) is 11.8 Å². The van der Waals surface area contributed by atoms with Gasteiger partial charge >= 0.3 is 7.12 Å². The zero-order chi connectivity index (χ0) is 30.0. The van der Waals surface area contributed by atoms with E-state index < -0.39 is 13.2 Å². The fourth-order valence-corrected chi connectivity index (χ4v) is 5.68. The van der Waals surface area contributed by atoms with Crippen LogP contribution in [0.5, 0.6) is 0 Å². The Morgan fingerprint density at radius 3 is 2.40 bits per heavy atom. The van der Waals surface area contributed by atoms with Crippen LogP contribution in [-0.2, 0) is 11.3 Å². The molecule has 3 aromatic rings. The van der Waals surface area contributed by atoms with E-state index in [2.05, 4.69) is 22.2 Å². The standard InChI is InChI=1S/C31H36BN5O5/c1-20-30(39)36(3)28-17-24(23-6-10-33-11-7-23)4-5-27(28)31(40)37(20)19-22-14-25(16-26(15-22)32(41)42)29(38)34-18-21-8-12-35(2)13-9-21/h4-7,10-11,14-17,20-21,41-42H,8-9,12-13,18-19H2,1-3H3,(H,34,38)/t20-/m1/s1. The van der Waals surface area contributed by atoms with E-state index in [0.717, 1.165) is 37.1 Å². The minimum atomic E-state index is -1.80. The number of likely N-dealkylation sites (N-methyl/N-ethyl adjacent to an activating group) is 1. The van der Waals surface area contributed by atoms with Crippen molar-refractivity contribution in [2.24, 2.45) is 5.92 Å². The number of carbonyl (C=O) groups is 3. The number of rotatable bonds is 7. The Hall–Kier alpha value is -4.06. The highest BCUT2D eigenvalue weighted by Gasteiger charge is 2.36. The summed E-state index contributed by atoms with van der Waals surface area (Å²) in [6, 6.07) is 12.9. The van der Waals surface area contributed by atoms with E-state index >= 15 is 0 Å². The number of likely N-dealkylation sites (tertiary alicyclic amines) is 1. The third kappa shape index (κ3) is 6.23. The first kappa shape index (κ1) is 29.4. The van der Waals surface area contributed by atoms with E-state index in [-0.39, 0.29) is 35.3 Å². The van der Waals surface area contributed by atoms with Gasteiger partial charge in [-0.15, -0.1) is 0 Å². The maximum absolute atomic E-state index is 13.9. The molecular formula is C31H36BN5O5. The summed E-state index contributed by atoms with van der Waals surface area (Å²) in [7, 11) is 1.94. The number of pyridine rings is 1. The Bertz CT molecular complexity index is 1480. The summed E-state index contributed by atoms with van der Waals surface area (Å²) in [4.78, 5) is 49.8. The van der Waals surface area contributed by atoms with Gasteiger partial charge in [-0.1, -0.05) is 12.1 Å². The maximum Gasteiger partial charge on any atom is 0.488 e. The second-order valence-corrected chi connectivity index (χ2v) is 11.3. The number of fused-ring (bicyclic) bond motifs is 1.